The minimum Gasteiger partial charge on any atom is -0.288 e. The van der Waals surface area contributed by atoms with E-state index in [0.717, 1.165) is 16.7 Å². The van der Waals surface area contributed by atoms with Crippen LogP contribution in [0.25, 0.3) is 11.1 Å². The van der Waals surface area contributed by atoms with Crippen LogP contribution in [-0.2, 0) is 0 Å². The van der Waals surface area contributed by atoms with Crippen molar-refractivity contribution in [2.24, 2.45) is 0 Å². The highest BCUT2D eigenvalue weighted by atomic mass is 16.2. The van der Waals surface area contributed by atoms with E-state index in [1.54, 1.807) is 10.8 Å². The molecule has 0 aliphatic rings. The van der Waals surface area contributed by atoms with Crippen LogP contribution in [-0.4, -0.2) is 9.55 Å². The molecule has 0 bridgehead atoms. The standard InChI is InChI=1S/C23H18N2O2/c26-22-20(17-10-4-1-5-11-17)16-25(23(27)24-22)21(18-12-6-2-7-13-18)19-14-8-3-9-15-19/h1-16,21H,(H,24,26,27). The normalized spacial score (nSPS) is 10.9. The molecule has 4 heteroatoms. The van der Waals surface area contributed by atoms with E-state index in [0.29, 0.717) is 5.56 Å². The fourth-order valence-electron chi connectivity index (χ4n) is 3.28. The van der Waals surface area contributed by atoms with Gasteiger partial charge in [0.05, 0.1) is 11.6 Å². The Morgan fingerprint density at radius 3 is 1.67 bits per heavy atom. The van der Waals surface area contributed by atoms with Gasteiger partial charge in [-0.1, -0.05) is 91.0 Å². The van der Waals surface area contributed by atoms with Crippen LogP contribution < -0.4 is 11.2 Å². The molecule has 4 nitrogen and oxygen atoms in total. The van der Waals surface area contributed by atoms with Gasteiger partial charge in [0.15, 0.2) is 0 Å². The van der Waals surface area contributed by atoms with Crippen LogP contribution in [0, 0.1) is 0 Å². The van der Waals surface area contributed by atoms with E-state index in [9.17, 15) is 9.59 Å². The lowest BCUT2D eigenvalue weighted by Gasteiger charge is -2.21. The summed E-state index contributed by atoms with van der Waals surface area (Å²) in [6, 6.07) is 28.6. The van der Waals surface area contributed by atoms with Gasteiger partial charge < -0.3 is 0 Å². The lowest BCUT2D eigenvalue weighted by Crippen LogP contribution is -2.33. The van der Waals surface area contributed by atoms with Gasteiger partial charge in [-0.15, -0.1) is 0 Å². The van der Waals surface area contributed by atoms with Crippen molar-refractivity contribution in [3.8, 4) is 11.1 Å². The van der Waals surface area contributed by atoms with Crippen LogP contribution in [0.4, 0.5) is 0 Å². The Hall–Kier alpha value is -3.66. The number of nitrogens with zero attached hydrogens (tertiary/aromatic N) is 1. The Morgan fingerprint density at radius 1 is 0.667 bits per heavy atom. The third-order valence-electron chi connectivity index (χ3n) is 4.56. The number of benzene rings is 3. The first-order valence-electron chi connectivity index (χ1n) is 8.75. The Bertz CT molecular complexity index is 1110. The number of H-pyrrole nitrogens is 1. The van der Waals surface area contributed by atoms with E-state index in [1.807, 2.05) is 91.0 Å². The number of hydrogen-bond donors (Lipinski definition) is 1. The SMILES string of the molecule is O=c1[nH]c(=O)n(C(c2ccccc2)c2ccccc2)cc1-c1ccccc1. The molecule has 4 rings (SSSR count). The van der Waals surface area contributed by atoms with Crippen LogP contribution in [0.5, 0.6) is 0 Å². The second-order valence-electron chi connectivity index (χ2n) is 6.30. The first-order chi connectivity index (χ1) is 13.2. The number of aromatic amines is 1. The Balaban J connectivity index is 1.96. The van der Waals surface area contributed by atoms with E-state index in [4.69, 9.17) is 0 Å². The molecule has 0 fully saturated rings. The number of hydrogen-bond acceptors (Lipinski definition) is 2. The van der Waals surface area contributed by atoms with Gasteiger partial charge in [0.2, 0.25) is 0 Å². The van der Waals surface area contributed by atoms with Gasteiger partial charge in [0.25, 0.3) is 5.56 Å². The molecule has 3 aromatic carbocycles. The summed E-state index contributed by atoms with van der Waals surface area (Å²) in [4.78, 5) is 27.6. The van der Waals surface area contributed by atoms with E-state index >= 15 is 0 Å². The van der Waals surface area contributed by atoms with Gasteiger partial charge >= 0.3 is 5.69 Å². The Morgan fingerprint density at radius 2 is 1.15 bits per heavy atom. The average Bonchev–Trinajstić information content (AvgIpc) is 2.72. The molecule has 0 aliphatic heterocycles. The molecule has 132 valence electrons. The van der Waals surface area contributed by atoms with E-state index in [1.165, 1.54) is 0 Å². The maximum atomic E-state index is 12.7. The van der Waals surface area contributed by atoms with Crippen LogP contribution in [0.1, 0.15) is 17.2 Å². The molecule has 1 heterocycles. The highest BCUT2D eigenvalue weighted by Gasteiger charge is 2.19. The Labute approximate surface area is 156 Å². The second-order valence-corrected chi connectivity index (χ2v) is 6.30. The summed E-state index contributed by atoms with van der Waals surface area (Å²) in [7, 11) is 0. The molecule has 0 unspecified atom stereocenters. The maximum absolute atomic E-state index is 12.7. The molecule has 1 N–H and O–H groups in total. The number of rotatable bonds is 4. The third-order valence-corrected chi connectivity index (χ3v) is 4.56. The molecule has 1 aromatic heterocycles. The zero-order valence-corrected chi connectivity index (χ0v) is 14.6. The van der Waals surface area contributed by atoms with Crippen molar-refractivity contribution in [1.29, 1.82) is 0 Å². The van der Waals surface area contributed by atoms with E-state index in [-0.39, 0.29) is 11.6 Å². The van der Waals surface area contributed by atoms with Gasteiger partial charge in [-0.25, -0.2) is 4.79 Å². The highest BCUT2D eigenvalue weighted by Crippen LogP contribution is 2.26. The van der Waals surface area contributed by atoms with Crippen molar-refractivity contribution < 1.29 is 0 Å². The summed E-state index contributed by atoms with van der Waals surface area (Å²) in [5.41, 5.74) is 2.35. The van der Waals surface area contributed by atoms with Crippen LogP contribution in [0.2, 0.25) is 0 Å². The number of aromatic nitrogens is 2. The number of nitrogens with one attached hydrogen (secondary N) is 1. The van der Waals surface area contributed by atoms with Crippen LogP contribution in [0.15, 0.2) is 107 Å². The zero-order chi connectivity index (χ0) is 18.6. The molecule has 27 heavy (non-hydrogen) atoms. The largest absolute Gasteiger partial charge is 0.329 e. The van der Waals surface area contributed by atoms with Gasteiger partial charge in [0, 0.05) is 6.20 Å². The summed E-state index contributed by atoms with van der Waals surface area (Å²) in [5, 5.41) is 0. The lowest BCUT2D eigenvalue weighted by molar-refractivity contribution is 0.628. The fourth-order valence-corrected chi connectivity index (χ4v) is 3.28. The molecule has 0 saturated heterocycles. The molecule has 0 aliphatic carbocycles. The Kier molecular flexibility index (Phi) is 4.54. The summed E-state index contributed by atoms with van der Waals surface area (Å²) in [6.45, 7) is 0. The van der Waals surface area contributed by atoms with E-state index < -0.39 is 5.69 Å². The van der Waals surface area contributed by atoms with Crippen molar-refractivity contribution in [1.82, 2.24) is 9.55 Å². The second kappa shape index (κ2) is 7.30. The van der Waals surface area contributed by atoms with Gasteiger partial charge in [-0.05, 0) is 16.7 Å². The van der Waals surface area contributed by atoms with E-state index in [2.05, 4.69) is 4.98 Å². The molecule has 0 radical (unpaired) electrons. The monoisotopic (exact) mass is 354 g/mol. The van der Waals surface area contributed by atoms with Gasteiger partial charge in [-0.3, -0.25) is 14.3 Å². The minimum absolute atomic E-state index is 0.334. The smallest absolute Gasteiger partial charge is 0.288 e. The summed E-state index contributed by atoms with van der Waals surface area (Å²) >= 11 is 0. The molecule has 0 amide bonds. The first-order valence-corrected chi connectivity index (χ1v) is 8.75. The predicted molar refractivity (Wildman–Crippen MR) is 107 cm³/mol. The first kappa shape index (κ1) is 16.8. The van der Waals surface area contributed by atoms with Gasteiger partial charge in [0.1, 0.15) is 0 Å². The summed E-state index contributed by atoms with van der Waals surface area (Å²) < 4.78 is 1.59. The highest BCUT2D eigenvalue weighted by molar-refractivity contribution is 5.61. The summed E-state index contributed by atoms with van der Waals surface area (Å²) in [6.07, 6.45) is 1.65. The predicted octanol–water partition coefficient (Wildman–Crippen LogP) is 3.84. The third kappa shape index (κ3) is 3.37. The maximum Gasteiger partial charge on any atom is 0.329 e. The molecule has 0 saturated carbocycles. The van der Waals surface area contributed by atoms with Crippen LogP contribution >= 0.6 is 0 Å². The summed E-state index contributed by atoms with van der Waals surface area (Å²) in [5.74, 6) is 0. The van der Waals surface area contributed by atoms with Crippen molar-refractivity contribution in [3.63, 3.8) is 0 Å². The molecule has 4 aromatic rings. The quantitative estimate of drug-likeness (QED) is 0.605. The van der Waals surface area contributed by atoms with Crippen LogP contribution in [0.3, 0.4) is 0 Å². The van der Waals surface area contributed by atoms with Crippen molar-refractivity contribution in [2.75, 3.05) is 0 Å². The minimum atomic E-state index is -0.433. The topological polar surface area (TPSA) is 54.9 Å². The van der Waals surface area contributed by atoms with Gasteiger partial charge in [-0.2, -0.15) is 0 Å². The zero-order valence-electron chi connectivity index (χ0n) is 14.6. The average molecular weight is 354 g/mol. The molecular formula is C23H18N2O2. The fraction of sp³-hybridized carbons (Fsp3) is 0.0435. The van der Waals surface area contributed by atoms with Crippen molar-refractivity contribution in [2.45, 2.75) is 6.04 Å². The van der Waals surface area contributed by atoms with Crippen molar-refractivity contribution in [3.05, 3.63) is 129 Å². The molecular weight excluding hydrogens is 336 g/mol. The lowest BCUT2D eigenvalue weighted by atomic mass is 9.98. The molecule has 0 atom stereocenters. The molecule has 0 spiro atoms. The van der Waals surface area contributed by atoms with Crippen molar-refractivity contribution >= 4 is 0 Å².